The smallest absolute Gasteiger partial charge is 0.109 e. The van der Waals surface area contributed by atoms with Crippen molar-refractivity contribution in [2.45, 2.75) is 6.42 Å². The number of nitrogens with zero attached hydrogens (tertiary/aromatic N) is 1. The molecule has 0 spiro atoms. The van der Waals surface area contributed by atoms with E-state index in [-0.39, 0.29) is 6.61 Å². The number of aromatic nitrogens is 2. The highest BCUT2D eigenvalue weighted by Gasteiger charge is 2.02. The molecule has 1 aromatic carbocycles. The Hall–Kier alpha value is -1.06. The van der Waals surface area contributed by atoms with Gasteiger partial charge in [0.15, 0.2) is 0 Å². The summed E-state index contributed by atoms with van der Waals surface area (Å²) in [5.41, 5.74) is 1.74. The van der Waals surface area contributed by atoms with Crippen LogP contribution in [0.1, 0.15) is 5.82 Å². The number of halogens is 1. The van der Waals surface area contributed by atoms with Crippen LogP contribution in [0.15, 0.2) is 18.2 Å². The van der Waals surface area contributed by atoms with Crippen LogP contribution in [0.3, 0.4) is 0 Å². The molecule has 1 heterocycles. The van der Waals surface area contributed by atoms with Gasteiger partial charge >= 0.3 is 0 Å². The van der Waals surface area contributed by atoms with Crippen LogP contribution in [0.25, 0.3) is 11.0 Å². The Balaban J connectivity index is 2.49. The molecule has 0 bridgehead atoms. The molecule has 0 aliphatic carbocycles. The normalized spacial score (nSPS) is 10.9. The maximum absolute atomic E-state index is 10.4. The average molecular weight is 196 g/mol. The van der Waals surface area contributed by atoms with Gasteiger partial charge in [-0.05, 0) is 18.2 Å². The molecular formula is C9H8ClN2O. The quantitative estimate of drug-likeness (QED) is 0.785. The molecule has 4 heteroatoms. The third kappa shape index (κ3) is 1.66. The molecule has 0 atom stereocenters. The van der Waals surface area contributed by atoms with E-state index in [4.69, 9.17) is 11.6 Å². The minimum absolute atomic E-state index is 0.145. The molecule has 0 saturated heterocycles. The molecular weight excluding hydrogens is 188 g/mol. The monoisotopic (exact) mass is 195 g/mol. The Morgan fingerprint density at radius 2 is 2.31 bits per heavy atom. The first-order chi connectivity index (χ1) is 6.29. The maximum Gasteiger partial charge on any atom is 0.109 e. The Bertz CT molecular complexity index is 424. The van der Waals surface area contributed by atoms with Crippen molar-refractivity contribution in [3.8, 4) is 0 Å². The van der Waals surface area contributed by atoms with Gasteiger partial charge in [-0.3, -0.25) is 0 Å². The topological polar surface area (TPSA) is 48.6 Å². The highest BCUT2D eigenvalue weighted by molar-refractivity contribution is 6.31. The molecule has 0 saturated carbocycles. The molecule has 0 aliphatic heterocycles. The molecule has 3 nitrogen and oxygen atoms in total. The molecule has 1 aromatic heterocycles. The number of fused-ring (bicyclic) bond motifs is 1. The van der Waals surface area contributed by atoms with E-state index in [1.807, 2.05) is 6.07 Å². The summed E-state index contributed by atoms with van der Waals surface area (Å²) >= 11 is 5.79. The molecule has 1 N–H and O–H groups in total. The number of H-pyrrole nitrogens is 1. The average Bonchev–Trinajstić information content (AvgIpc) is 2.46. The Kier molecular flexibility index (Phi) is 2.20. The lowest BCUT2D eigenvalue weighted by atomic mass is 10.3. The zero-order chi connectivity index (χ0) is 9.26. The first kappa shape index (κ1) is 8.53. The van der Waals surface area contributed by atoms with Crippen LogP contribution < -0.4 is 0 Å². The van der Waals surface area contributed by atoms with E-state index in [0.29, 0.717) is 11.4 Å². The summed E-state index contributed by atoms with van der Waals surface area (Å²) in [5.74, 6) is 0.729. The fraction of sp³-hybridized carbons (Fsp3) is 0.222. The molecule has 13 heavy (non-hydrogen) atoms. The number of benzene rings is 1. The first-order valence-electron chi connectivity index (χ1n) is 4.02. The first-order valence-corrected chi connectivity index (χ1v) is 4.39. The number of nitrogens with one attached hydrogen (secondary N) is 1. The van der Waals surface area contributed by atoms with Gasteiger partial charge < -0.3 is 4.98 Å². The number of hydrogen-bond acceptors (Lipinski definition) is 1. The second-order valence-electron chi connectivity index (χ2n) is 2.80. The van der Waals surface area contributed by atoms with Crippen LogP contribution in [0.2, 0.25) is 5.02 Å². The van der Waals surface area contributed by atoms with E-state index in [1.165, 1.54) is 0 Å². The van der Waals surface area contributed by atoms with Gasteiger partial charge in [0, 0.05) is 11.4 Å². The van der Waals surface area contributed by atoms with Crippen molar-refractivity contribution in [1.29, 1.82) is 0 Å². The Morgan fingerprint density at radius 1 is 1.46 bits per heavy atom. The molecule has 67 valence electrons. The number of aromatic amines is 1. The molecule has 0 aliphatic rings. The van der Waals surface area contributed by atoms with Gasteiger partial charge in [0.05, 0.1) is 17.6 Å². The van der Waals surface area contributed by atoms with Gasteiger partial charge in [0.25, 0.3) is 0 Å². The number of imidazole rings is 1. The van der Waals surface area contributed by atoms with E-state index in [1.54, 1.807) is 12.1 Å². The van der Waals surface area contributed by atoms with Gasteiger partial charge in [0.2, 0.25) is 0 Å². The summed E-state index contributed by atoms with van der Waals surface area (Å²) in [5, 5.41) is 11.0. The molecule has 0 fully saturated rings. The molecule has 2 rings (SSSR count). The lowest BCUT2D eigenvalue weighted by Gasteiger charge is -1.87. The van der Waals surface area contributed by atoms with Crippen molar-refractivity contribution in [3.05, 3.63) is 29.0 Å². The van der Waals surface area contributed by atoms with E-state index < -0.39 is 0 Å². The zero-order valence-corrected chi connectivity index (χ0v) is 7.64. The van der Waals surface area contributed by atoms with Crippen molar-refractivity contribution in [2.24, 2.45) is 0 Å². The predicted octanol–water partition coefficient (Wildman–Crippen LogP) is 2.19. The lowest BCUT2D eigenvalue weighted by molar-refractivity contribution is 0.195. The van der Waals surface area contributed by atoms with Crippen molar-refractivity contribution in [2.75, 3.05) is 6.61 Å². The van der Waals surface area contributed by atoms with Crippen LogP contribution in [-0.4, -0.2) is 16.6 Å². The van der Waals surface area contributed by atoms with Gasteiger partial charge in [-0.25, -0.2) is 10.1 Å². The van der Waals surface area contributed by atoms with Crippen molar-refractivity contribution < 1.29 is 5.11 Å². The van der Waals surface area contributed by atoms with Gasteiger partial charge in [-0.2, -0.15) is 0 Å². The summed E-state index contributed by atoms with van der Waals surface area (Å²) in [6, 6.07) is 5.43. The van der Waals surface area contributed by atoms with Crippen molar-refractivity contribution >= 4 is 22.6 Å². The summed E-state index contributed by atoms with van der Waals surface area (Å²) < 4.78 is 0. The molecule has 0 unspecified atom stereocenters. The molecule has 2 aromatic rings. The zero-order valence-electron chi connectivity index (χ0n) is 6.88. The minimum Gasteiger partial charge on any atom is -0.342 e. The van der Waals surface area contributed by atoms with Crippen LogP contribution in [0.4, 0.5) is 0 Å². The molecule has 1 radical (unpaired) electrons. The van der Waals surface area contributed by atoms with Gasteiger partial charge in [0.1, 0.15) is 5.82 Å². The van der Waals surface area contributed by atoms with E-state index in [2.05, 4.69) is 9.97 Å². The van der Waals surface area contributed by atoms with E-state index >= 15 is 0 Å². The Morgan fingerprint density at radius 3 is 3.08 bits per heavy atom. The van der Waals surface area contributed by atoms with E-state index in [9.17, 15) is 5.11 Å². The minimum atomic E-state index is -0.145. The number of rotatable bonds is 2. The predicted molar refractivity (Wildman–Crippen MR) is 50.4 cm³/mol. The third-order valence-corrected chi connectivity index (χ3v) is 2.07. The van der Waals surface area contributed by atoms with Crippen LogP contribution in [0.5, 0.6) is 0 Å². The summed E-state index contributed by atoms with van der Waals surface area (Å²) in [7, 11) is 0. The summed E-state index contributed by atoms with van der Waals surface area (Å²) in [6.07, 6.45) is 0.437. The Labute approximate surface area is 80.4 Å². The lowest BCUT2D eigenvalue weighted by Crippen LogP contribution is -1.90. The maximum atomic E-state index is 10.4. The number of hydrogen-bond donors (Lipinski definition) is 1. The van der Waals surface area contributed by atoms with Crippen molar-refractivity contribution in [1.82, 2.24) is 9.97 Å². The van der Waals surface area contributed by atoms with Crippen LogP contribution >= 0.6 is 11.6 Å². The van der Waals surface area contributed by atoms with Gasteiger partial charge in [-0.15, -0.1) is 0 Å². The van der Waals surface area contributed by atoms with Crippen LogP contribution in [0, 0.1) is 0 Å². The summed E-state index contributed by atoms with van der Waals surface area (Å²) in [6.45, 7) is -0.145. The highest BCUT2D eigenvalue weighted by Crippen LogP contribution is 2.17. The third-order valence-electron chi connectivity index (χ3n) is 1.83. The standard InChI is InChI=1S/C9H8ClN2O/c10-6-1-2-7-8(5-6)12-9(11-7)3-4-13/h1-2,5H,3-4H2,(H,11,12). The SMILES string of the molecule is [O]CCc1nc2cc(Cl)ccc2[nH]1. The second-order valence-corrected chi connectivity index (χ2v) is 3.24. The fourth-order valence-corrected chi connectivity index (χ4v) is 1.41. The van der Waals surface area contributed by atoms with Gasteiger partial charge in [-0.1, -0.05) is 11.6 Å². The van der Waals surface area contributed by atoms with Crippen molar-refractivity contribution in [3.63, 3.8) is 0 Å². The second kappa shape index (κ2) is 3.36. The highest BCUT2D eigenvalue weighted by atomic mass is 35.5. The van der Waals surface area contributed by atoms with E-state index in [0.717, 1.165) is 16.9 Å². The van der Waals surface area contributed by atoms with Crippen LogP contribution in [-0.2, 0) is 11.5 Å². The summed E-state index contributed by atoms with van der Waals surface area (Å²) in [4.78, 5) is 7.28. The molecule has 0 amide bonds. The largest absolute Gasteiger partial charge is 0.342 e. The fourth-order valence-electron chi connectivity index (χ4n) is 1.25.